The first-order valence-corrected chi connectivity index (χ1v) is 9.04. The van der Waals surface area contributed by atoms with Crippen LogP contribution in [-0.4, -0.2) is 47.3 Å². The third-order valence-corrected chi connectivity index (χ3v) is 4.00. The SMILES string of the molecule is C=CCCCCNC(=O)c1cnc(OCC(O)CNC(C)(C)C)s1.Cl. The number of hydrogen-bond donors (Lipinski definition) is 3. The number of β-amino-alcohol motifs (C(OH)–C–C–N with tert-alkyl or cyclic N) is 1. The Morgan fingerprint density at radius 3 is 2.84 bits per heavy atom. The van der Waals surface area contributed by atoms with Crippen LogP contribution >= 0.6 is 23.7 Å². The summed E-state index contributed by atoms with van der Waals surface area (Å²) in [7, 11) is 0. The molecule has 0 bridgehead atoms. The van der Waals surface area contributed by atoms with Crippen LogP contribution in [0.5, 0.6) is 5.19 Å². The molecular weight excluding hydrogens is 362 g/mol. The largest absolute Gasteiger partial charge is 0.467 e. The van der Waals surface area contributed by atoms with Crippen LogP contribution in [0.4, 0.5) is 0 Å². The van der Waals surface area contributed by atoms with Gasteiger partial charge in [0, 0.05) is 18.6 Å². The predicted molar refractivity (Wildman–Crippen MR) is 105 cm³/mol. The van der Waals surface area contributed by atoms with Crippen molar-refractivity contribution in [3.63, 3.8) is 0 Å². The van der Waals surface area contributed by atoms with Crippen LogP contribution in [0, 0.1) is 0 Å². The van der Waals surface area contributed by atoms with E-state index in [4.69, 9.17) is 4.74 Å². The van der Waals surface area contributed by atoms with Crippen molar-refractivity contribution in [3.05, 3.63) is 23.7 Å². The van der Waals surface area contributed by atoms with Gasteiger partial charge in [0.15, 0.2) is 0 Å². The summed E-state index contributed by atoms with van der Waals surface area (Å²) in [5.74, 6) is -0.143. The highest BCUT2D eigenvalue weighted by atomic mass is 35.5. The van der Waals surface area contributed by atoms with Crippen molar-refractivity contribution < 1.29 is 14.6 Å². The molecule has 1 rings (SSSR count). The summed E-state index contributed by atoms with van der Waals surface area (Å²) >= 11 is 1.18. The van der Waals surface area contributed by atoms with Gasteiger partial charge in [0.05, 0.1) is 6.20 Å². The number of unbranched alkanes of at least 4 members (excludes halogenated alkanes) is 2. The second-order valence-electron chi connectivity index (χ2n) is 6.63. The van der Waals surface area contributed by atoms with Gasteiger partial charge in [-0.25, -0.2) is 4.98 Å². The standard InChI is InChI=1S/C17H29N3O3S.ClH/c1-5-6-7-8-9-18-15(22)14-11-19-16(24-14)23-12-13(21)10-20-17(2,3)4;/h5,11,13,20-21H,1,6-10,12H2,2-4H3,(H,18,22);1H. The van der Waals surface area contributed by atoms with E-state index in [1.165, 1.54) is 17.5 Å². The summed E-state index contributed by atoms with van der Waals surface area (Å²) in [5, 5.41) is 16.3. The van der Waals surface area contributed by atoms with E-state index >= 15 is 0 Å². The lowest BCUT2D eigenvalue weighted by molar-refractivity contribution is 0.0957. The molecule has 3 N–H and O–H groups in total. The third-order valence-electron chi connectivity index (χ3n) is 3.10. The maximum atomic E-state index is 12.0. The molecule has 1 unspecified atom stereocenters. The summed E-state index contributed by atoms with van der Waals surface area (Å²) in [6, 6.07) is 0. The summed E-state index contributed by atoms with van der Waals surface area (Å²) in [6.07, 6.45) is 5.64. The number of rotatable bonds is 11. The average Bonchev–Trinajstić information content (AvgIpc) is 2.99. The molecule has 0 saturated heterocycles. The second-order valence-corrected chi connectivity index (χ2v) is 7.62. The Bertz CT molecular complexity index is 517. The first-order valence-electron chi connectivity index (χ1n) is 8.22. The van der Waals surface area contributed by atoms with Gasteiger partial charge >= 0.3 is 0 Å². The summed E-state index contributed by atoms with van der Waals surface area (Å²) in [6.45, 7) is 11.0. The maximum Gasteiger partial charge on any atom is 0.273 e. The molecule has 1 atom stereocenters. The Labute approximate surface area is 160 Å². The van der Waals surface area contributed by atoms with E-state index in [1.54, 1.807) is 0 Å². The Hall–Kier alpha value is -1.15. The zero-order valence-corrected chi connectivity index (χ0v) is 16.8. The number of thiazole rings is 1. The van der Waals surface area contributed by atoms with E-state index in [1.807, 2.05) is 26.8 Å². The molecule has 1 aromatic rings. The zero-order chi connectivity index (χ0) is 18.0. The van der Waals surface area contributed by atoms with E-state index in [-0.39, 0.29) is 30.5 Å². The number of allylic oxidation sites excluding steroid dienone is 1. The van der Waals surface area contributed by atoms with Gasteiger partial charge in [-0.3, -0.25) is 4.79 Å². The molecule has 1 heterocycles. The van der Waals surface area contributed by atoms with E-state index < -0.39 is 6.10 Å². The fourth-order valence-electron chi connectivity index (χ4n) is 1.78. The highest BCUT2D eigenvalue weighted by Crippen LogP contribution is 2.20. The number of nitrogens with one attached hydrogen (secondary N) is 2. The first kappa shape index (κ1) is 23.9. The molecule has 0 fully saturated rings. The lowest BCUT2D eigenvalue weighted by Crippen LogP contribution is -2.42. The molecule has 1 amide bonds. The Morgan fingerprint density at radius 2 is 2.20 bits per heavy atom. The number of aliphatic hydroxyl groups excluding tert-OH is 1. The summed E-state index contributed by atoms with van der Waals surface area (Å²) in [5.41, 5.74) is -0.0565. The highest BCUT2D eigenvalue weighted by molar-refractivity contribution is 7.15. The van der Waals surface area contributed by atoms with Gasteiger partial charge in [-0.2, -0.15) is 0 Å². The van der Waals surface area contributed by atoms with Crippen LogP contribution in [0.1, 0.15) is 49.7 Å². The molecule has 8 heteroatoms. The Balaban J connectivity index is 0.00000576. The smallest absolute Gasteiger partial charge is 0.273 e. The lowest BCUT2D eigenvalue weighted by Gasteiger charge is -2.22. The van der Waals surface area contributed by atoms with Crippen LogP contribution in [-0.2, 0) is 0 Å². The fraction of sp³-hybridized carbons (Fsp3) is 0.647. The zero-order valence-electron chi connectivity index (χ0n) is 15.2. The van der Waals surface area contributed by atoms with Crippen molar-refractivity contribution in [2.24, 2.45) is 0 Å². The van der Waals surface area contributed by atoms with E-state index in [0.29, 0.717) is 23.2 Å². The van der Waals surface area contributed by atoms with Crippen molar-refractivity contribution >= 4 is 29.7 Å². The summed E-state index contributed by atoms with van der Waals surface area (Å²) < 4.78 is 5.45. The van der Waals surface area contributed by atoms with Gasteiger partial charge in [-0.05, 0) is 40.0 Å². The van der Waals surface area contributed by atoms with Gasteiger partial charge < -0.3 is 20.5 Å². The van der Waals surface area contributed by atoms with Gasteiger partial charge in [-0.1, -0.05) is 17.4 Å². The lowest BCUT2D eigenvalue weighted by atomic mass is 10.1. The van der Waals surface area contributed by atoms with Crippen LogP contribution in [0.3, 0.4) is 0 Å². The molecule has 0 spiro atoms. The molecular formula is C17H30ClN3O3S. The van der Waals surface area contributed by atoms with E-state index in [2.05, 4.69) is 22.2 Å². The Morgan fingerprint density at radius 1 is 1.48 bits per heavy atom. The topological polar surface area (TPSA) is 83.5 Å². The number of aromatic nitrogens is 1. The second kappa shape index (κ2) is 12.2. The molecule has 25 heavy (non-hydrogen) atoms. The molecule has 0 aromatic carbocycles. The summed E-state index contributed by atoms with van der Waals surface area (Å²) in [4.78, 5) is 16.5. The first-order chi connectivity index (χ1) is 11.3. The minimum atomic E-state index is -0.629. The number of hydrogen-bond acceptors (Lipinski definition) is 6. The van der Waals surface area contributed by atoms with Crippen molar-refractivity contribution in [1.29, 1.82) is 0 Å². The van der Waals surface area contributed by atoms with Crippen molar-refractivity contribution in [2.45, 2.75) is 51.7 Å². The van der Waals surface area contributed by atoms with Gasteiger partial charge in [0.1, 0.15) is 17.6 Å². The molecule has 1 aromatic heterocycles. The normalized spacial score (nSPS) is 12.2. The number of halogens is 1. The Kier molecular flexibility index (Phi) is 11.7. The number of carbonyl (C=O) groups is 1. The van der Waals surface area contributed by atoms with Crippen molar-refractivity contribution in [3.8, 4) is 5.19 Å². The highest BCUT2D eigenvalue weighted by Gasteiger charge is 2.14. The number of ether oxygens (including phenoxy) is 1. The van der Waals surface area contributed by atoms with E-state index in [0.717, 1.165) is 19.3 Å². The van der Waals surface area contributed by atoms with Crippen molar-refractivity contribution in [1.82, 2.24) is 15.6 Å². The minimum absolute atomic E-state index is 0. The fourth-order valence-corrected chi connectivity index (χ4v) is 2.47. The third kappa shape index (κ3) is 11.1. The quantitative estimate of drug-likeness (QED) is 0.399. The van der Waals surface area contributed by atoms with Crippen molar-refractivity contribution in [2.75, 3.05) is 19.7 Å². The predicted octanol–water partition coefficient (Wildman–Crippen LogP) is 2.78. The average molecular weight is 392 g/mol. The molecule has 0 aliphatic carbocycles. The van der Waals surface area contributed by atoms with Gasteiger partial charge in [0.25, 0.3) is 11.1 Å². The van der Waals surface area contributed by atoms with Crippen LogP contribution < -0.4 is 15.4 Å². The number of aliphatic hydroxyl groups is 1. The molecule has 6 nitrogen and oxygen atoms in total. The van der Waals surface area contributed by atoms with Crippen LogP contribution in [0.25, 0.3) is 0 Å². The molecule has 144 valence electrons. The molecule has 0 saturated carbocycles. The monoisotopic (exact) mass is 391 g/mol. The van der Waals surface area contributed by atoms with Gasteiger partial charge in [0.2, 0.25) is 0 Å². The number of nitrogens with zero attached hydrogens (tertiary/aromatic N) is 1. The molecule has 0 radical (unpaired) electrons. The maximum absolute atomic E-state index is 12.0. The number of carbonyl (C=O) groups excluding carboxylic acids is 1. The van der Waals surface area contributed by atoms with Crippen LogP contribution in [0.15, 0.2) is 18.9 Å². The van der Waals surface area contributed by atoms with E-state index in [9.17, 15) is 9.90 Å². The number of amides is 1. The molecule has 0 aliphatic rings. The minimum Gasteiger partial charge on any atom is -0.467 e. The molecule has 0 aliphatic heterocycles. The van der Waals surface area contributed by atoms with Gasteiger partial charge in [-0.15, -0.1) is 19.0 Å². The van der Waals surface area contributed by atoms with Crippen LogP contribution in [0.2, 0.25) is 0 Å².